The highest BCUT2D eigenvalue weighted by atomic mass is 35.5. The largest absolute Gasteiger partial charge is 0.326 e. The van der Waals surface area contributed by atoms with Gasteiger partial charge in [-0.15, -0.1) is 0 Å². The van der Waals surface area contributed by atoms with Crippen LogP contribution in [0.5, 0.6) is 0 Å². The summed E-state index contributed by atoms with van der Waals surface area (Å²) >= 11 is 11.9. The van der Waals surface area contributed by atoms with Crippen molar-refractivity contribution in [3.63, 3.8) is 0 Å². The van der Waals surface area contributed by atoms with Crippen LogP contribution in [-0.2, 0) is 6.54 Å². The van der Waals surface area contributed by atoms with Crippen molar-refractivity contribution in [2.24, 2.45) is 5.73 Å². The van der Waals surface area contributed by atoms with Crippen LogP contribution < -0.4 is 11.2 Å². The van der Waals surface area contributed by atoms with Gasteiger partial charge in [0, 0.05) is 45.8 Å². The van der Waals surface area contributed by atoms with Gasteiger partial charge in [-0.2, -0.15) is 0 Å². The number of rotatable bonds is 2. The predicted molar refractivity (Wildman–Crippen MR) is 74.7 cm³/mol. The lowest BCUT2D eigenvalue weighted by molar-refractivity contribution is 0.923. The quantitative estimate of drug-likeness (QED) is 0.921. The van der Waals surface area contributed by atoms with Crippen LogP contribution in [0.4, 0.5) is 0 Å². The molecule has 0 aliphatic rings. The van der Waals surface area contributed by atoms with Gasteiger partial charge in [-0.25, -0.2) is 0 Å². The average molecular weight is 283 g/mol. The molecular weight excluding hydrogens is 271 g/mol. The second-order valence-electron chi connectivity index (χ2n) is 4.01. The molecule has 0 fully saturated rings. The summed E-state index contributed by atoms with van der Waals surface area (Å²) in [5.74, 6) is 0. The van der Waals surface area contributed by atoms with E-state index in [2.05, 4.69) is 0 Å². The third kappa shape index (κ3) is 2.58. The fraction of sp³-hybridized carbons (Fsp3) is 0.154. The molecule has 5 heteroatoms. The van der Waals surface area contributed by atoms with E-state index >= 15 is 0 Å². The molecule has 1 heterocycles. The Morgan fingerprint density at radius 3 is 2.33 bits per heavy atom. The Bertz CT molecular complexity index is 630. The molecule has 0 saturated heterocycles. The third-order valence-electron chi connectivity index (χ3n) is 2.67. The summed E-state index contributed by atoms with van der Waals surface area (Å²) < 4.78 is 1.85. The molecule has 0 aliphatic heterocycles. The molecular formula is C13H12Cl2N2O. The SMILES string of the molecule is Cc1cc(=O)c(CN)cn1-c1cc(Cl)cc(Cl)c1. The maximum atomic E-state index is 11.6. The van der Waals surface area contributed by atoms with E-state index in [4.69, 9.17) is 28.9 Å². The standard InChI is InChI=1S/C13H12Cl2N2O/c1-8-2-13(18)9(6-16)7-17(8)12-4-10(14)3-11(15)5-12/h2-5,7H,6,16H2,1H3. The van der Waals surface area contributed by atoms with Crippen LogP contribution in [0.2, 0.25) is 10.0 Å². The third-order valence-corrected chi connectivity index (χ3v) is 3.10. The Kier molecular flexibility index (Phi) is 3.76. The average Bonchev–Trinajstić information content (AvgIpc) is 2.27. The molecule has 0 spiro atoms. The lowest BCUT2D eigenvalue weighted by Crippen LogP contribution is -2.16. The highest BCUT2D eigenvalue weighted by Crippen LogP contribution is 2.22. The van der Waals surface area contributed by atoms with E-state index in [1.807, 2.05) is 11.5 Å². The molecule has 0 unspecified atom stereocenters. The minimum Gasteiger partial charge on any atom is -0.326 e. The zero-order valence-electron chi connectivity index (χ0n) is 9.78. The molecule has 0 atom stereocenters. The zero-order valence-corrected chi connectivity index (χ0v) is 11.3. The van der Waals surface area contributed by atoms with E-state index in [-0.39, 0.29) is 12.0 Å². The fourth-order valence-corrected chi connectivity index (χ4v) is 2.30. The highest BCUT2D eigenvalue weighted by Gasteiger charge is 2.06. The van der Waals surface area contributed by atoms with Crippen molar-refractivity contribution in [2.75, 3.05) is 0 Å². The number of aromatic nitrogens is 1. The lowest BCUT2D eigenvalue weighted by Gasteiger charge is -2.13. The highest BCUT2D eigenvalue weighted by molar-refractivity contribution is 6.34. The molecule has 18 heavy (non-hydrogen) atoms. The van der Waals surface area contributed by atoms with Crippen LogP contribution in [0.1, 0.15) is 11.3 Å². The van der Waals surface area contributed by atoms with Gasteiger partial charge < -0.3 is 10.3 Å². The number of benzene rings is 1. The monoisotopic (exact) mass is 282 g/mol. The van der Waals surface area contributed by atoms with Crippen molar-refractivity contribution in [3.8, 4) is 5.69 Å². The molecule has 0 saturated carbocycles. The van der Waals surface area contributed by atoms with Gasteiger partial charge in [-0.3, -0.25) is 4.79 Å². The molecule has 0 bridgehead atoms. The van der Waals surface area contributed by atoms with E-state index in [1.54, 1.807) is 30.5 Å². The Labute approximate surface area is 115 Å². The Balaban J connectivity index is 2.66. The number of hydrogen-bond acceptors (Lipinski definition) is 2. The van der Waals surface area contributed by atoms with Gasteiger partial charge in [0.15, 0.2) is 5.43 Å². The summed E-state index contributed by atoms with van der Waals surface area (Å²) in [6.45, 7) is 2.05. The topological polar surface area (TPSA) is 48.0 Å². The molecule has 1 aromatic heterocycles. The second kappa shape index (κ2) is 5.14. The van der Waals surface area contributed by atoms with Crippen molar-refractivity contribution in [2.45, 2.75) is 13.5 Å². The van der Waals surface area contributed by atoms with Crippen molar-refractivity contribution in [1.29, 1.82) is 0 Å². The number of nitrogens with zero attached hydrogens (tertiary/aromatic N) is 1. The minimum atomic E-state index is -0.0561. The van der Waals surface area contributed by atoms with Crippen LogP contribution >= 0.6 is 23.2 Å². The van der Waals surface area contributed by atoms with Gasteiger partial charge in [0.1, 0.15) is 0 Å². The van der Waals surface area contributed by atoms with E-state index in [9.17, 15) is 4.79 Å². The van der Waals surface area contributed by atoms with Crippen LogP contribution in [0.15, 0.2) is 35.3 Å². The summed E-state index contributed by atoms with van der Waals surface area (Å²) in [4.78, 5) is 11.6. The van der Waals surface area contributed by atoms with Gasteiger partial charge in [-0.1, -0.05) is 23.2 Å². The normalized spacial score (nSPS) is 10.7. The number of aryl methyl sites for hydroxylation is 1. The first-order valence-electron chi connectivity index (χ1n) is 5.40. The second-order valence-corrected chi connectivity index (χ2v) is 4.88. The van der Waals surface area contributed by atoms with Crippen LogP contribution in [0.3, 0.4) is 0 Å². The minimum absolute atomic E-state index is 0.0561. The summed E-state index contributed by atoms with van der Waals surface area (Å²) in [6, 6.07) is 6.78. The molecule has 0 amide bonds. The maximum Gasteiger partial charge on any atom is 0.186 e. The van der Waals surface area contributed by atoms with E-state index < -0.39 is 0 Å². The number of halogens is 2. The van der Waals surface area contributed by atoms with Crippen molar-refractivity contribution >= 4 is 23.2 Å². The zero-order chi connectivity index (χ0) is 13.3. The van der Waals surface area contributed by atoms with Crippen LogP contribution in [-0.4, -0.2) is 4.57 Å². The van der Waals surface area contributed by atoms with Gasteiger partial charge in [0.2, 0.25) is 0 Å². The fourth-order valence-electron chi connectivity index (χ4n) is 1.78. The van der Waals surface area contributed by atoms with Gasteiger partial charge in [0.25, 0.3) is 0 Å². The van der Waals surface area contributed by atoms with Crippen LogP contribution in [0, 0.1) is 6.92 Å². The maximum absolute atomic E-state index is 11.6. The summed E-state index contributed by atoms with van der Waals surface area (Å²) in [5.41, 5.74) is 7.65. The Morgan fingerprint density at radius 2 is 1.78 bits per heavy atom. The number of pyridine rings is 1. The van der Waals surface area contributed by atoms with Crippen molar-refractivity contribution in [1.82, 2.24) is 4.57 Å². The van der Waals surface area contributed by atoms with Crippen molar-refractivity contribution in [3.05, 3.63) is 62.0 Å². The van der Waals surface area contributed by atoms with Crippen LogP contribution in [0.25, 0.3) is 5.69 Å². The lowest BCUT2D eigenvalue weighted by atomic mass is 10.2. The molecule has 2 aromatic rings. The molecule has 94 valence electrons. The smallest absolute Gasteiger partial charge is 0.186 e. The summed E-state index contributed by atoms with van der Waals surface area (Å²) in [5, 5.41) is 1.09. The van der Waals surface area contributed by atoms with Gasteiger partial charge in [-0.05, 0) is 25.1 Å². The molecule has 1 aromatic carbocycles. The molecule has 3 nitrogen and oxygen atoms in total. The van der Waals surface area contributed by atoms with Crippen molar-refractivity contribution < 1.29 is 0 Å². The number of nitrogens with two attached hydrogens (primary N) is 1. The van der Waals surface area contributed by atoms with E-state index in [0.717, 1.165) is 11.4 Å². The molecule has 0 aliphatic carbocycles. The Hall–Kier alpha value is -1.29. The van der Waals surface area contributed by atoms with E-state index in [1.165, 1.54) is 0 Å². The Morgan fingerprint density at radius 1 is 1.17 bits per heavy atom. The summed E-state index contributed by atoms with van der Waals surface area (Å²) in [6.07, 6.45) is 1.72. The van der Waals surface area contributed by atoms with E-state index in [0.29, 0.717) is 15.6 Å². The number of hydrogen-bond donors (Lipinski definition) is 1. The predicted octanol–water partition coefficient (Wildman–Crippen LogP) is 2.91. The first-order chi connectivity index (χ1) is 8.51. The van der Waals surface area contributed by atoms with Gasteiger partial charge in [0.05, 0.1) is 0 Å². The summed E-state index contributed by atoms with van der Waals surface area (Å²) in [7, 11) is 0. The first kappa shape index (κ1) is 13.1. The molecule has 0 radical (unpaired) electrons. The molecule has 2 rings (SSSR count). The first-order valence-corrected chi connectivity index (χ1v) is 6.15. The molecule has 2 N–H and O–H groups in total. The van der Waals surface area contributed by atoms with Gasteiger partial charge >= 0.3 is 0 Å².